The fourth-order valence-corrected chi connectivity index (χ4v) is 3.36. The summed E-state index contributed by atoms with van der Waals surface area (Å²) in [5.41, 5.74) is 0.882. The minimum atomic E-state index is -1.84. The normalized spacial score (nSPS) is 12.0. The van der Waals surface area contributed by atoms with Gasteiger partial charge in [0.1, 0.15) is 5.75 Å². The lowest BCUT2D eigenvalue weighted by molar-refractivity contribution is -0.134. The van der Waals surface area contributed by atoms with E-state index in [0.29, 0.717) is 11.5 Å². The second-order valence-electron chi connectivity index (χ2n) is 6.96. The molecule has 0 N–H and O–H groups in total. The molecule has 0 radical (unpaired) electrons. The van der Waals surface area contributed by atoms with Gasteiger partial charge in [-0.25, -0.2) is 0 Å². The van der Waals surface area contributed by atoms with Gasteiger partial charge in [-0.05, 0) is 57.0 Å². The van der Waals surface area contributed by atoms with E-state index >= 15 is 0 Å². The molecule has 0 saturated carbocycles. The lowest BCUT2D eigenvalue weighted by Gasteiger charge is -2.22. The van der Waals surface area contributed by atoms with Crippen LogP contribution in [0.5, 0.6) is 11.5 Å². The first-order valence-electron chi connectivity index (χ1n) is 7.08. The summed E-state index contributed by atoms with van der Waals surface area (Å²) >= 11 is 0. The number of hydrogen-bond acceptors (Lipinski definition) is 4. The minimum Gasteiger partial charge on any atom is -0.542 e. The van der Waals surface area contributed by atoms with E-state index in [9.17, 15) is 4.79 Å². The Balaban J connectivity index is 2.90. The molecule has 0 aliphatic carbocycles. The van der Waals surface area contributed by atoms with Gasteiger partial charge in [-0.2, -0.15) is 0 Å². The second kappa shape index (κ2) is 6.66. The molecule has 4 nitrogen and oxygen atoms in total. The first-order chi connectivity index (χ1) is 9.50. The summed E-state index contributed by atoms with van der Waals surface area (Å²) in [4.78, 5) is 11.9. The van der Waals surface area contributed by atoms with Crippen LogP contribution in [0.1, 0.15) is 5.56 Å². The van der Waals surface area contributed by atoms with Gasteiger partial charge in [0.05, 0.1) is 13.5 Å². The van der Waals surface area contributed by atoms with Gasteiger partial charge in [0.25, 0.3) is 5.97 Å². The van der Waals surface area contributed by atoms with Gasteiger partial charge < -0.3 is 13.6 Å². The van der Waals surface area contributed by atoms with Crippen LogP contribution in [0.3, 0.4) is 0 Å². The molecule has 0 aliphatic rings. The highest BCUT2D eigenvalue weighted by atomic mass is 28.4. The zero-order valence-electron chi connectivity index (χ0n) is 14.1. The zero-order chi connectivity index (χ0) is 16.3. The summed E-state index contributed by atoms with van der Waals surface area (Å²) in [6, 6.07) is 5.59. The maximum atomic E-state index is 11.9. The topological polar surface area (TPSA) is 44.8 Å². The van der Waals surface area contributed by atoms with Crippen molar-refractivity contribution in [3.05, 3.63) is 23.8 Å². The molecule has 1 rings (SSSR count). The average molecular weight is 327 g/mol. The van der Waals surface area contributed by atoms with Crippen LogP contribution >= 0.6 is 0 Å². The van der Waals surface area contributed by atoms with Crippen molar-refractivity contribution in [1.82, 2.24) is 0 Å². The molecule has 0 atom stereocenters. The first kappa shape index (κ1) is 17.8. The number of carbonyl (C=O) groups excluding carboxylic acids is 1. The summed E-state index contributed by atoms with van der Waals surface area (Å²) in [7, 11) is -1.96. The van der Waals surface area contributed by atoms with E-state index < -0.39 is 16.6 Å². The number of rotatable bonds is 6. The Morgan fingerprint density at radius 2 is 1.62 bits per heavy atom. The van der Waals surface area contributed by atoms with Gasteiger partial charge in [0.2, 0.25) is 16.6 Å². The molecule has 6 heteroatoms. The Hall–Kier alpha value is -1.28. The molecular weight excluding hydrogens is 300 g/mol. The molecule has 118 valence electrons. The zero-order valence-corrected chi connectivity index (χ0v) is 16.1. The van der Waals surface area contributed by atoms with Crippen LogP contribution in [-0.2, 0) is 15.6 Å². The largest absolute Gasteiger partial charge is 0.542 e. The number of carbonyl (C=O) groups is 1. The van der Waals surface area contributed by atoms with Crippen LogP contribution in [0.2, 0.25) is 39.3 Å². The maximum Gasteiger partial charge on any atom is 0.296 e. The molecular formula is C15H26O4Si2. The fourth-order valence-electron chi connectivity index (χ4n) is 1.78. The molecule has 0 aromatic heterocycles. The molecule has 1 aromatic carbocycles. The molecule has 0 bridgehead atoms. The number of methoxy groups -OCH3 is 1. The van der Waals surface area contributed by atoms with Crippen molar-refractivity contribution >= 4 is 22.6 Å². The highest BCUT2D eigenvalue weighted by Gasteiger charge is 2.22. The number of hydrogen-bond donors (Lipinski definition) is 0. The van der Waals surface area contributed by atoms with E-state index in [0.717, 1.165) is 5.56 Å². The Morgan fingerprint density at radius 3 is 2.10 bits per heavy atom. The minimum absolute atomic E-state index is 0.182. The van der Waals surface area contributed by atoms with E-state index in [2.05, 4.69) is 19.6 Å². The Bertz CT molecular complexity index is 501. The van der Waals surface area contributed by atoms with Gasteiger partial charge in [0.15, 0.2) is 5.75 Å². The fraction of sp³-hybridized carbons (Fsp3) is 0.533. The van der Waals surface area contributed by atoms with Crippen molar-refractivity contribution < 1.29 is 18.4 Å². The summed E-state index contributed by atoms with van der Waals surface area (Å²) in [6.45, 7) is 12.3. The highest BCUT2D eigenvalue weighted by Crippen LogP contribution is 2.30. The third kappa shape index (κ3) is 6.81. The molecule has 0 unspecified atom stereocenters. The molecule has 0 spiro atoms. The standard InChI is InChI=1S/C15H26O4Si2/c1-17-13-9-8-12(10-14(13)18-20(2,3)4)11-15(16)19-21(5,6)7/h8-10H,11H2,1-7H3. The van der Waals surface area contributed by atoms with E-state index in [-0.39, 0.29) is 12.4 Å². The smallest absolute Gasteiger partial charge is 0.296 e. The quantitative estimate of drug-likeness (QED) is 0.745. The van der Waals surface area contributed by atoms with E-state index in [1.54, 1.807) is 7.11 Å². The van der Waals surface area contributed by atoms with Crippen LogP contribution in [0.15, 0.2) is 18.2 Å². The van der Waals surface area contributed by atoms with Crippen molar-refractivity contribution in [1.29, 1.82) is 0 Å². The van der Waals surface area contributed by atoms with Crippen LogP contribution in [0.25, 0.3) is 0 Å². The Morgan fingerprint density at radius 1 is 1.00 bits per heavy atom. The third-order valence-electron chi connectivity index (χ3n) is 2.41. The van der Waals surface area contributed by atoms with Crippen molar-refractivity contribution in [3.63, 3.8) is 0 Å². The molecule has 0 saturated heterocycles. The predicted octanol–water partition coefficient (Wildman–Crippen LogP) is 3.83. The van der Waals surface area contributed by atoms with Crippen LogP contribution in [0, 0.1) is 0 Å². The molecule has 0 fully saturated rings. The predicted molar refractivity (Wildman–Crippen MR) is 90.1 cm³/mol. The van der Waals surface area contributed by atoms with Crippen molar-refractivity contribution in [3.8, 4) is 11.5 Å². The molecule has 0 heterocycles. The summed E-state index contributed by atoms with van der Waals surface area (Å²) in [6.07, 6.45) is 0.260. The van der Waals surface area contributed by atoms with Gasteiger partial charge in [-0.1, -0.05) is 6.07 Å². The number of benzene rings is 1. The maximum absolute atomic E-state index is 11.9. The van der Waals surface area contributed by atoms with Gasteiger partial charge in [-0.3, -0.25) is 4.79 Å². The van der Waals surface area contributed by atoms with Crippen molar-refractivity contribution in [2.75, 3.05) is 7.11 Å². The first-order valence-corrected chi connectivity index (χ1v) is 13.9. The lowest BCUT2D eigenvalue weighted by Crippen LogP contribution is -2.30. The summed E-state index contributed by atoms with van der Waals surface area (Å²) < 4.78 is 16.8. The van der Waals surface area contributed by atoms with E-state index in [1.165, 1.54) is 0 Å². The molecule has 21 heavy (non-hydrogen) atoms. The monoisotopic (exact) mass is 326 g/mol. The van der Waals surface area contributed by atoms with Gasteiger partial charge in [-0.15, -0.1) is 0 Å². The van der Waals surface area contributed by atoms with Gasteiger partial charge in [0, 0.05) is 0 Å². The average Bonchev–Trinajstić information content (AvgIpc) is 2.24. The Labute approximate surface area is 129 Å². The van der Waals surface area contributed by atoms with E-state index in [4.69, 9.17) is 13.6 Å². The van der Waals surface area contributed by atoms with Crippen LogP contribution in [0.4, 0.5) is 0 Å². The lowest BCUT2D eigenvalue weighted by atomic mass is 10.1. The second-order valence-corrected chi connectivity index (χ2v) is 15.8. The SMILES string of the molecule is COc1ccc(CC(=O)O[Si](C)(C)C)cc1O[Si](C)(C)C. The summed E-state index contributed by atoms with van der Waals surface area (Å²) in [5.74, 6) is 1.22. The molecule has 0 amide bonds. The van der Waals surface area contributed by atoms with Crippen LogP contribution in [-0.4, -0.2) is 29.7 Å². The third-order valence-corrected chi connectivity index (χ3v) is 4.08. The molecule has 1 aromatic rings. The molecule has 0 aliphatic heterocycles. The van der Waals surface area contributed by atoms with Gasteiger partial charge >= 0.3 is 0 Å². The highest BCUT2D eigenvalue weighted by molar-refractivity contribution is 6.71. The van der Waals surface area contributed by atoms with Crippen LogP contribution < -0.4 is 9.16 Å². The summed E-state index contributed by atoms with van der Waals surface area (Å²) in [5, 5.41) is 0. The van der Waals surface area contributed by atoms with Crippen molar-refractivity contribution in [2.24, 2.45) is 0 Å². The van der Waals surface area contributed by atoms with E-state index in [1.807, 2.05) is 37.8 Å². The Kier molecular flexibility index (Phi) is 5.63. The number of ether oxygens (including phenoxy) is 1. The van der Waals surface area contributed by atoms with Crippen molar-refractivity contribution in [2.45, 2.75) is 45.7 Å².